The van der Waals surface area contributed by atoms with E-state index in [1.54, 1.807) is 11.9 Å². The van der Waals surface area contributed by atoms with E-state index in [1.807, 2.05) is 0 Å². The molecule has 0 aromatic heterocycles. The van der Waals surface area contributed by atoms with Crippen LogP contribution in [-0.2, 0) is 4.74 Å². The molecule has 58 valence electrons. The van der Waals surface area contributed by atoms with Crippen molar-refractivity contribution in [3.05, 3.63) is 0 Å². The fourth-order valence-corrected chi connectivity index (χ4v) is 0.886. The average Bonchev–Trinajstić information content (AvgIpc) is 1.95. The van der Waals surface area contributed by atoms with E-state index in [-0.39, 0.29) is 12.2 Å². The van der Waals surface area contributed by atoms with Crippen LogP contribution in [0.5, 0.6) is 0 Å². The molecule has 1 saturated heterocycles. The lowest BCUT2D eigenvalue weighted by atomic mass is 10.2. The molecule has 0 aliphatic carbocycles. The van der Waals surface area contributed by atoms with Gasteiger partial charge in [0.05, 0.1) is 0 Å². The van der Waals surface area contributed by atoms with Crippen LogP contribution in [0.4, 0.5) is 4.79 Å². The van der Waals surface area contributed by atoms with Crippen molar-refractivity contribution < 1.29 is 9.53 Å². The summed E-state index contributed by atoms with van der Waals surface area (Å²) in [5, 5.41) is 0. The number of nitrogens with two attached hydrogens (primary N) is 1. The minimum absolute atomic E-state index is 0.0660. The van der Waals surface area contributed by atoms with Crippen molar-refractivity contribution in [1.29, 1.82) is 0 Å². The molecule has 0 radical (unpaired) electrons. The van der Waals surface area contributed by atoms with E-state index in [0.29, 0.717) is 6.54 Å². The van der Waals surface area contributed by atoms with Gasteiger partial charge < -0.3 is 15.4 Å². The molecule has 2 N–H and O–H groups in total. The highest BCUT2D eigenvalue weighted by Gasteiger charge is 2.22. The Hall–Kier alpha value is -0.770. The maximum Gasteiger partial charge on any atom is 0.409 e. The molecule has 10 heavy (non-hydrogen) atoms. The molecule has 1 atom stereocenters. The standard InChI is InChI=1S/C6H12N2O2/c1-8-3-2-5(4-7)10-6(8)9/h5H,2-4,7H2,1H3/t5-/m0/s1. The summed E-state index contributed by atoms with van der Waals surface area (Å²) < 4.78 is 4.91. The molecule has 0 unspecified atom stereocenters. The summed E-state index contributed by atoms with van der Waals surface area (Å²) in [4.78, 5) is 12.4. The van der Waals surface area contributed by atoms with Crippen LogP contribution in [0.15, 0.2) is 0 Å². The lowest BCUT2D eigenvalue weighted by molar-refractivity contribution is 0.0373. The number of ether oxygens (including phenoxy) is 1. The Kier molecular flexibility index (Phi) is 2.11. The van der Waals surface area contributed by atoms with Gasteiger partial charge in [0.1, 0.15) is 6.10 Å². The predicted molar refractivity (Wildman–Crippen MR) is 36.6 cm³/mol. The van der Waals surface area contributed by atoms with Gasteiger partial charge in [-0.25, -0.2) is 4.79 Å². The van der Waals surface area contributed by atoms with Crippen LogP contribution >= 0.6 is 0 Å². The van der Waals surface area contributed by atoms with Gasteiger partial charge in [0, 0.05) is 26.6 Å². The van der Waals surface area contributed by atoms with Crippen LogP contribution in [0.1, 0.15) is 6.42 Å². The van der Waals surface area contributed by atoms with E-state index in [1.165, 1.54) is 0 Å². The Morgan fingerprint density at radius 2 is 2.60 bits per heavy atom. The number of hydrogen-bond donors (Lipinski definition) is 1. The lowest BCUT2D eigenvalue weighted by Gasteiger charge is -2.27. The number of cyclic esters (lactones) is 1. The first-order valence-electron chi connectivity index (χ1n) is 3.36. The predicted octanol–water partition coefficient (Wildman–Crippen LogP) is -0.214. The third-order valence-electron chi connectivity index (χ3n) is 1.63. The Bertz CT molecular complexity index is 138. The number of nitrogens with zero attached hydrogens (tertiary/aromatic N) is 1. The lowest BCUT2D eigenvalue weighted by Crippen LogP contribution is -2.42. The number of carbonyl (C=O) groups excluding carboxylic acids is 1. The molecule has 4 nitrogen and oxygen atoms in total. The van der Waals surface area contributed by atoms with Crippen molar-refractivity contribution in [2.24, 2.45) is 5.73 Å². The van der Waals surface area contributed by atoms with Crippen molar-refractivity contribution in [3.63, 3.8) is 0 Å². The van der Waals surface area contributed by atoms with Gasteiger partial charge in [0.2, 0.25) is 0 Å². The molecule has 0 aromatic rings. The van der Waals surface area contributed by atoms with E-state index in [4.69, 9.17) is 10.5 Å². The molecule has 0 saturated carbocycles. The number of hydrogen-bond acceptors (Lipinski definition) is 3. The van der Waals surface area contributed by atoms with Crippen LogP contribution in [0.2, 0.25) is 0 Å². The largest absolute Gasteiger partial charge is 0.445 e. The van der Waals surface area contributed by atoms with Gasteiger partial charge >= 0.3 is 6.09 Å². The summed E-state index contributed by atoms with van der Waals surface area (Å²) in [7, 11) is 1.72. The molecule has 1 rings (SSSR count). The van der Waals surface area contributed by atoms with E-state index < -0.39 is 0 Å². The molecule has 1 amide bonds. The molecular formula is C6H12N2O2. The molecular weight excluding hydrogens is 132 g/mol. The van der Waals surface area contributed by atoms with Gasteiger partial charge in [-0.3, -0.25) is 0 Å². The van der Waals surface area contributed by atoms with Crippen molar-refractivity contribution >= 4 is 6.09 Å². The summed E-state index contributed by atoms with van der Waals surface area (Å²) in [6, 6.07) is 0. The number of amides is 1. The average molecular weight is 144 g/mol. The molecule has 1 heterocycles. The van der Waals surface area contributed by atoms with Crippen LogP contribution in [0, 0.1) is 0 Å². The van der Waals surface area contributed by atoms with E-state index in [0.717, 1.165) is 13.0 Å². The van der Waals surface area contributed by atoms with Gasteiger partial charge in [0.15, 0.2) is 0 Å². The van der Waals surface area contributed by atoms with E-state index in [9.17, 15) is 4.79 Å². The van der Waals surface area contributed by atoms with Crippen LogP contribution < -0.4 is 5.73 Å². The number of carbonyl (C=O) groups is 1. The highest BCUT2D eigenvalue weighted by molar-refractivity contribution is 5.68. The van der Waals surface area contributed by atoms with Gasteiger partial charge in [0.25, 0.3) is 0 Å². The minimum atomic E-state index is -0.262. The quantitative estimate of drug-likeness (QED) is 0.553. The summed E-state index contributed by atoms with van der Waals surface area (Å²) in [6.07, 6.45) is 0.518. The van der Waals surface area contributed by atoms with Crippen molar-refractivity contribution in [2.45, 2.75) is 12.5 Å². The second-order valence-electron chi connectivity index (χ2n) is 2.45. The zero-order chi connectivity index (χ0) is 7.56. The summed E-state index contributed by atoms with van der Waals surface area (Å²) in [5.41, 5.74) is 5.32. The molecule has 1 aliphatic heterocycles. The van der Waals surface area contributed by atoms with Gasteiger partial charge in [-0.05, 0) is 0 Å². The fourth-order valence-electron chi connectivity index (χ4n) is 0.886. The smallest absolute Gasteiger partial charge is 0.409 e. The second-order valence-corrected chi connectivity index (χ2v) is 2.45. The topological polar surface area (TPSA) is 55.6 Å². The van der Waals surface area contributed by atoms with Crippen LogP contribution in [-0.4, -0.2) is 37.2 Å². The molecule has 1 fully saturated rings. The SMILES string of the molecule is CN1CC[C@@H](CN)OC1=O. The highest BCUT2D eigenvalue weighted by atomic mass is 16.6. The second kappa shape index (κ2) is 2.88. The van der Waals surface area contributed by atoms with Crippen molar-refractivity contribution in [2.75, 3.05) is 20.1 Å². The van der Waals surface area contributed by atoms with E-state index in [2.05, 4.69) is 0 Å². The molecule has 1 aliphatic rings. The molecule has 0 aromatic carbocycles. The molecule has 0 spiro atoms. The third kappa shape index (κ3) is 1.39. The van der Waals surface area contributed by atoms with Crippen molar-refractivity contribution in [3.8, 4) is 0 Å². The first-order valence-corrected chi connectivity index (χ1v) is 3.36. The highest BCUT2D eigenvalue weighted by Crippen LogP contribution is 2.07. The Labute approximate surface area is 59.9 Å². The van der Waals surface area contributed by atoms with E-state index >= 15 is 0 Å². The van der Waals surface area contributed by atoms with Crippen molar-refractivity contribution in [1.82, 2.24) is 4.90 Å². The third-order valence-corrected chi connectivity index (χ3v) is 1.63. The molecule has 4 heteroatoms. The first kappa shape index (κ1) is 7.34. The minimum Gasteiger partial charge on any atom is -0.445 e. The number of rotatable bonds is 1. The van der Waals surface area contributed by atoms with Gasteiger partial charge in [-0.1, -0.05) is 0 Å². The first-order chi connectivity index (χ1) is 4.74. The van der Waals surface area contributed by atoms with Crippen LogP contribution in [0.3, 0.4) is 0 Å². The normalized spacial score (nSPS) is 26.4. The van der Waals surface area contributed by atoms with Gasteiger partial charge in [-0.15, -0.1) is 0 Å². The zero-order valence-corrected chi connectivity index (χ0v) is 6.04. The molecule has 0 bridgehead atoms. The van der Waals surface area contributed by atoms with Gasteiger partial charge in [-0.2, -0.15) is 0 Å². The Morgan fingerprint density at radius 1 is 1.90 bits per heavy atom. The Balaban J connectivity index is 2.41. The summed E-state index contributed by atoms with van der Waals surface area (Å²) in [6.45, 7) is 1.18. The zero-order valence-electron chi connectivity index (χ0n) is 6.04. The maximum atomic E-state index is 10.8. The van der Waals surface area contributed by atoms with Crippen LogP contribution in [0.25, 0.3) is 0 Å². The maximum absolute atomic E-state index is 10.8. The summed E-state index contributed by atoms with van der Waals surface area (Å²) >= 11 is 0. The Morgan fingerprint density at radius 3 is 3.10 bits per heavy atom. The summed E-state index contributed by atoms with van der Waals surface area (Å²) in [5.74, 6) is 0. The monoisotopic (exact) mass is 144 g/mol. The fraction of sp³-hybridized carbons (Fsp3) is 0.833.